The van der Waals surface area contributed by atoms with E-state index in [0.29, 0.717) is 6.54 Å². The summed E-state index contributed by atoms with van der Waals surface area (Å²) in [5.41, 5.74) is 8.70. The highest BCUT2D eigenvalue weighted by Crippen LogP contribution is 2.07. The molecule has 0 radical (unpaired) electrons. The van der Waals surface area contributed by atoms with Crippen molar-refractivity contribution in [3.8, 4) is 0 Å². The molecule has 0 fully saturated rings. The summed E-state index contributed by atoms with van der Waals surface area (Å²) in [5, 5.41) is 3.24. The Hall–Kier alpha value is -1.29. The minimum Gasteiger partial charge on any atom is -0.330 e. The van der Waals surface area contributed by atoms with Crippen LogP contribution in [0.25, 0.3) is 5.65 Å². The van der Waals surface area contributed by atoms with Crippen molar-refractivity contribution in [1.29, 1.82) is 0 Å². The zero-order valence-corrected chi connectivity index (χ0v) is 7.75. The molecule has 0 amide bonds. The van der Waals surface area contributed by atoms with E-state index in [-0.39, 0.29) is 0 Å². The van der Waals surface area contributed by atoms with E-state index in [9.17, 15) is 0 Å². The van der Waals surface area contributed by atoms with Gasteiger partial charge in [-0.1, -0.05) is 6.92 Å². The molecular weight excluding hydrogens is 164 g/mol. The molecule has 0 spiro atoms. The summed E-state index contributed by atoms with van der Waals surface area (Å²) >= 11 is 0. The summed E-state index contributed by atoms with van der Waals surface area (Å²) in [5.74, 6) is 0. The van der Waals surface area contributed by atoms with Crippen LogP contribution in [0.4, 0.5) is 0 Å². The van der Waals surface area contributed by atoms with E-state index in [2.05, 4.69) is 23.1 Å². The second kappa shape index (κ2) is 3.22. The van der Waals surface area contributed by atoms with E-state index in [1.54, 1.807) is 0 Å². The zero-order valence-electron chi connectivity index (χ0n) is 7.75. The molecule has 2 heterocycles. The molecule has 3 N–H and O–H groups in total. The van der Waals surface area contributed by atoms with Crippen LogP contribution >= 0.6 is 0 Å². The molecule has 0 aliphatic rings. The Balaban J connectivity index is 2.36. The smallest absolute Gasteiger partial charge is 0.153 e. The van der Waals surface area contributed by atoms with Crippen molar-refractivity contribution < 1.29 is 0 Å². The molecule has 0 saturated heterocycles. The number of imidazole rings is 1. The summed E-state index contributed by atoms with van der Waals surface area (Å²) in [4.78, 5) is 4.42. The largest absolute Gasteiger partial charge is 0.330 e. The van der Waals surface area contributed by atoms with E-state index < -0.39 is 0 Å². The van der Waals surface area contributed by atoms with Crippen LogP contribution in [0.5, 0.6) is 0 Å². The molecule has 4 heteroatoms. The normalized spacial score (nSPS) is 11.2. The topological polar surface area (TPSA) is 59.1 Å². The Labute approximate surface area is 76.7 Å². The van der Waals surface area contributed by atoms with Crippen LogP contribution in [0.3, 0.4) is 0 Å². The Morgan fingerprint density at radius 3 is 3.08 bits per heavy atom. The number of nitrogens with two attached hydrogens (primary N) is 1. The first-order chi connectivity index (χ1) is 6.33. The van der Waals surface area contributed by atoms with Crippen molar-refractivity contribution in [2.24, 2.45) is 5.73 Å². The number of rotatable bonds is 3. The van der Waals surface area contributed by atoms with Gasteiger partial charge in [0.05, 0.1) is 11.9 Å². The fourth-order valence-electron chi connectivity index (χ4n) is 1.43. The predicted octanol–water partition coefficient (Wildman–Crippen LogP) is 0.726. The van der Waals surface area contributed by atoms with Gasteiger partial charge in [-0.2, -0.15) is 0 Å². The van der Waals surface area contributed by atoms with E-state index in [0.717, 1.165) is 24.2 Å². The lowest BCUT2D eigenvalue weighted by atomic mass is 10.3. The number of hydrogen-bond acceptors (Lipinski definition) is 2. The Morgan fingerprint density at radius 1 is 1.62 bits per heavy atom. The number of nitrogens with zero attached hydrogens (tertiary/aromatic N) is 2. The molecule has 0 bridgehead atoms. The zero-order chi connectivity index (χ0) is 9.26. The first kappa shape index (κ1) is 8.31. The average molecular weight is 178 g/mol. The first-order valence-electron chi connectivity index (χ1n) is 4.59. The molecular formula is C9H14N4. The SMILES string of the molecule is CCc1cc2nc(CCN)cn2[nH]1. The molecule has 2 aromatic heterocycles. The molecule has 0 aromatic carbocycles. The van der Waals surface area contributed by atoms with Gasteiger partial charge in [-0.05, 0) is 13.0 Å². The second-order valence-corrected chi connectivity index (χ2v) is 3.13. The van der Waals surface area contributed by atoms with Crippen molar-refractivity contribution in [1.82, 2.24) is 14.6 Å². The standard InChI is InChI=1S/C9H14N4/c1-2-7-5-9-11-8(3-4-10)6-13(9)12-7/h5-6,12H,2-4,10H2,1H3. The summed E-state index contributed by atoms with van der Waals surface area (Å²) in [6.45, 7) is 2.77. The minimum atomic E-state index is 0.654. The number of nitrogens with one attached hydrogen (secondary N) is 1. The van der Waals surface area contributed by atoms with Gasteiger partial charge in [0.1, 0.15) is 0 Å². The fraction of sp³-hybridized carbons (Fsp3) is 0.444. The molecule has 0 saturated carbocycles. The maximum atomic E-state index is 5.45. The van der Waals surface area contributed by atoms with Gasteiger partial charge in [0, 0.05) is 18.2 Å². The van der Waals surface area contributed by atoms with Crippen LogP contribution in [-0.4, -0.2) is 21.1 Å². The summed E-state index contributed by atoms with van der Waals surface area (Å²) in [6, 6.07) is 2.07. The Bertz CT molecular complexity index is 367. The highest BCUT2D eigenvalue weighted by Gasteiger charge is 2.03. The first-order valence-corrected chi connectivity index (χ1v) is 4.59. The van der Waals surface area contributed by atoms with Crippen LogP contribution in [0.15, 0.2) is 12.3 Å². The summed E-state index contributed by atoms with van der Waals surface area (Å²) < 4.78 is 1.95. The fourth-order valence-corrected chi connectivity index (χ4v) is 1.43. The molecule has 70 valence electrons. The van der Waals surface area contributed by atoms with E-state index in [1.807, 2.05) is 10.7 Å². The molecule has 2 rings (SSSR count). The summed E-state index contributed by atoms with van der Waals surface area (Å²) in [7, 11) is 0. The number of H-pyrrole nitrogens is 1. The Morgan fingerprint density at radius 2 is 2.46 bits per heavy atom. The molecule has 0 aliphatic carbocycles. The average Bonchev–Trinajstić information content (AvgIpc) is 2.61. The lowest BCUT2D eigenvalue weighted by molar-refractivity contribution is 0.890. The highest BCUT2D eigenvalue weighted by atomic mass is 15.3. The van der Waals surface area contributed by atoms with Crippen LogP contribution in [0, 0.1) is 0 Å². The van der Waals surface area contributed by atoms with Crippen molar-refractivity contribution in [3.05, 3.63) is 23.7 Å². The van der Waals surface area contributed by atoms with Crippen molar-refractivity contribution >= 4 is 5.65 Å². The third-order valence-electron chi connectivity index (χ3n) is 2.13. The third kappa shape index (κ3) is 1.45. The quantitative estimate of drug-likeness (QED) is 0.727. The number of aryl methyl sites for hydroxylation is 1. The summed E-state index contributed by atoms with van der Waals surface area (Å²) in [6.07, 6.45) is 3.86. The van der Waals surface area contributed by atoms with Crippen LogP contribution in [-0.2, 0) is 12.8 Å². The van der Waals surface area contributed by atoms with Crippen LogP contribution in [0.2, 0.25) is 0 Å². The van der Waals surface area contributed by atoms with Crippen LogP contribution in [0.1, 0.15) is 18.3 Å². The Kier molecular flexibility index (Phi) is 2.06. The lowest BCUT2D eigenvalue weighted by Crippen LogP contribution is -2.02. The van der Waals surface area contributed by atoms with Gasteiger partial charge in [-0.25, -0.2) is 9.50 Å². The van der Waals surface area contributed by atoms with Crippen LogP contribution < -0.4 is 5.73 Å². The predicted molar refractivity (Wildman–Crippen MR) is 51.7 cm³/mol. The maximum absolute atomic E-state index is 5.45. The van der Waals surface area contributed by atoms with Gasteiger partial charge in [-0.3, -0.25) is 5.10 Å². The molecule has 2 aromatic rings. The minimum absolute atomic E-state index is 0.654. The second-order valence-electron chi connectivity index (χ2n) is 3.13. The van der Waals surface area contributed by atoms with E-state index in [1.165, 1.54) is 5.69 Å². The highest BCUT2D eigenvalue weighted by molar-refractivity contribution is 5.40. The van der Waals surface area contributed by atoms with Gasteiger partial charge < -0.3 is 5.73 Å². The van der Waals surface area contributed by atoms with Crippen molar-refractivity contribution in [2.45, 2.75) is 19.8 Å². The van der Waals surface area contributed by atoms with Gasteiger partial charge in [0.2, 0.25) is 0 Å². The maximum Gasteiger partial charge on any atom is 0.153 e. The number of hydrogen-bond donors (Lipinski definition) is 2. The van der Waals surface area contributed by atoms with E-state index >= 15 is 0 Å². The molecule has 0 unspecified atom stereocenters. The molecule has 0 aliphatic heterocycles. The number of aromatic nitrogens is 3. The monoisotopic (exact) mass is 178 g/mol. The van der Waals surface area contributed by atoms with Gasteiger partial charge in [0.15, 0.2) is 5.65 Å². The van der Waals surface area contributed by atoms with E-state index in [4.69, 9.17) is 5.73 Å². The molecule has 4 nitrogen and oxygen atoms in total. The van der Waals surface area contributed by atoms with Crippen molar-refractivity contribution in [3.63, 3.8) is 0 Å². The number of aromatic amines is 1. The lowest BCUT2D eigenvalue weighted by Gasteiger charge is -1.89. The molecule has 0 atom stereocenters. The van der Waals surface area contributed by atoms with Crippen molar-refractivity contribution in [2.75, 3.05) is 6.54 Å². The van der Waals surface area contributed by atoms with Gasteiger partial charge in [0.25, 0.3) is 0 Å². The van der Waals surface area contributed by atoms with Gasteiger partial charge >= 0.3 is 0 Å². The molecule has 13 heavy (non-hydrogen) atoms. The number of fused-ring (bicyclic) bond motifs is 1. The third-order valence-corrected chi connectivity index (χ3v) is 2.13. The van der Waals surface area contributed by atoms with Gasteiger partial charge in [-0.15, -0.1) is 0 Å².